The lowest BCUT2D eigenvalue weighted by atomic mass is 10.1. The first-order valence-corrected chi connectivity index (χ1v) is 6.27. The van der Waals surface area contributed by atoms with Gasteiger partial charge in [0.2, 0.25) is 0 Å². The molecule has 0 aliphatic carbocycles. The zero-order valence-corrected chi connectivity index (χ0v) is 11.4. The van der Waals surface area contributed by atoms with Crippen LogP contribution in [0.25, 0.3) is 0 Å². The van der Waals surface area contributed by atoms with Gasteiger partial charge < -0.3 is 10.0 Å². The first-order chi connectivity index (χ1) is 8.99. The maximum Gasteiger partial charge on any atom is 0.147 e. The summed E-state index contributed by atoms with van der Waals surface area (Å²) in [5.74, 6) is -0.331. The number of anilines is 2. The van der Waals surface area contributed by atoms with Gasteiger partial charge >= 0.3 is 0 Å². The average molecular weight is 259 g/mol. The van der Waals surface area contributed by atoms with Gasteiger partial charge in [-0.2, -0.15) is 0 Å². The minimum Gasteiger partial charge on any atom is -0.389 e. The fourth-order valence-corrected chi connectivity index (χ4v) is 2.03. The van der Waals surface area contributed by atoms with Gasteiger partial charge in [0, 0.05) is 12.7 Å². The molecular formula is C16H18FNO. The molecule has 0 aliphatic rings. The monoisotopic (exact) mass is 259 g/mol. The standard InChI is InChI=1S/C16H18FNO/c1-11-5-4-6-14(9-11)18(3)16-8-7-13(12(2)19)10-15(16)17/h4-10,12,19H,1-3H3/t12-/m1/s1. The van der Waals surface area contributed by atoms with Crippen molar-refractivity contribution < 1.29 is 9.50 Å². The van der Waals surface area contributed by atoms with Crippen LogP contribution in [0, 0.1) is 12.7 Å². The molecule has 0 amide bonds. The van der Waals surface area contributed by atoms with Gasteiger partial charge in [-0.15, -0.1) is 0 Å². The first-order valence-electron chi connectivity index (χ1n) is 6.27. The van der Waals surface area contributed by atoms with E-state index in [1.165, 1.54) is 6.07 Å². The normalized spacial score (nSPS) is 12.3. The maximum atomic E-state index is 14.1. The Bertz CT molecular complexity index is 581. The third kappa shape index (κ3) is 2.93. The Morgan fingerprint density at radius 1 is 1.16 bits per heavy atom. The van der Waals surface area contributed by atoms with E-state index in [4.69, 9.17) is 0 Å². The van der Waals surface area contributed by atoms with Gasteiger partial charge in [0.05, 0.1) is 11.8 Å². The number of nitrogens with zero attached hydrogens (tertiary/aromatic N) is 1. The minimum absolute atomic E-state index is 0.331. The Hall–Kier alpha value is -1.87. The highest BCUT2D eigenvalue weighted by Crippen LogP contribution is 2.28. The van der Waals surface area contributed by atoms with Gasteiger partial charge in [0.25, 0.3) is 0 Å². The van der Waals surface area contributed by atoms with E-state index in [1.54, 1.807) is 24.0 Å². The summed E-state index contributed by atoms with van der Waals surface area (Å²) in [6.45, 7) is 3.63. The second kappa shape index (κ2) is 5.41. The summed E-state index contributed by atoms with van der Waals surface area (Å²) in [5.41, 5.74) is 3.14. The van der Waals surface area contributed by atoms with E-state index in [2.05, 4.69) is 0 Å². The van der Waals surface area contributed by atoms with Gasteiger partial charge in [0.1, 0.15) is 5.82 Å². The van der Waals surface area contributed by atoms with Crippen molar-refractivity contribution in [3.8, 4) is 0 Å². The van der Waals surface area contributed by atoms with Crippen molar-refractivity contribution in [2.45, 2.75) is 20.0 Å². The number of halogens is 1. The van der Waals surface area contributed by atoms with Gasteiger partial charge in [-0.25, -0.2) is 4.39 Å². The molecule has 0 aromatic heterocycles. The molecule has 2 nitrogen and oxygen atoms in total. The molecule has 1 atom stereocenters. The minimum atomic E-state index is -0.659. The lowest BCUT2D eigenvalue weighted by molar-refractivity contribution is 0.199. The summed E-state index contributed by atoms with van der Waals surface area (Å²) in [7, 11) is 1.83. The lowest BCUT2D eigenvalue weighted by Crippen LogP contribution is -2.11. The predicted molar refractivity (Wildman–Crippen MR) is 76.3 cm³/mol. The molecule has 0 unspecified atom stereocenters. The molecule has 0 spiro atoms. The molecule has 1 N–H and O–H groups in total. The van der Waals surface area contributed by atoms with Crippen molar-refractivity contribution in [3.63, 3.8) is 0 Å². The number of hydrogen-bond acceptors (Lipinski definition) is 2. The Morgan fingerprint density at radius 2 is 1.89 bits per heavy atom. The summed E-state index contributed by atoms with van der Waals surface area (Å²) < 4.78 is 14.1. The molecule has 19 heavy (non-hydrogen) atoms. The first kappa shape index (κ1) is 13.6. The third-order valence-corrected chi connectivity index (χ3v) is 3.20. The summed E-state index contributed by atoms with van der Waals surface area (Å²) in [5, 5.41) is 9.45. The van der Waals surface area contributed by atoms with E-state index < -0.39 is 6.10 Å². The van der Waals surface area contributed by atoms with Crippen LogP contribution < -0.4 is 4.90 Å². The summed E-state index contributed by atoms with van der Waals surface area (Å²) in [4.78, 5) is 1.80. The van der Waals surface area contributed by atoms with Crippen LogP contribution in [0.5, 0.6) is 0 Å². The van der Waals surface area contributed by atoms with Crippen molar-refractivity contribution in [2.75, 3.05) is 11.9 Å². The second-order valence-electron chi connectivity index (χ2n) is 4.78. The van der Waals surface area contributed by atoms with Crippen LogP contribution in [0.4, 0.5) is 15.8 Å². The fourth-order valence-electron chi connectivity index (χ4n) is 2.03. The average Bonchev–Trinajstić information content (AvgIpc) is 2.37. The van der Waals surface area contributed by atoms with Crippen LogP contribution in [-0.4, -0.2) is 12.2 Å². The quantitative estimate of drug-likeness (QED) is 0.902. The van der Waals surface area contributed by atoms with E-state index >= 15 is 0 Å². The molecule has 3 heteroatoms. The molecule has 0 saturated carbocycles. The third-order valence-electron chi connectivity index (χ3n) is 3.20. The largest absolute Gasteiger partial charge is 0.389 e. The number of rotatable bonds is 3. The molecule has 0 saturated heterocycles. The number of benzene rings is 2. The number of hydrogen-bond donors (Lipinski definition) is 1. The van der Waals surface area contributed by atoms with Gasteiger partial charge in [-0.3, -0.25) is 0 Å². The zero-order valence-electron chi connectivity index (χ0n) is 11.4. The van der Waals surface area contributed by atoms with Crippen molar-refractivity contribution in [1.82, 2.24) is 0 Å². The van der Waals surface area contributed by atoms with Crippen LogP contribution in [0.15, 0.2) is 42.5 Å². The van der Waals surface area contributed by atoms with Gasteiger partial charge in [-0.05, 0) is 49.2 Å². The molecule has 2 rings (SSSR count). The molecule has 2 aromatic rings. The molecule has 0 aliphatic heterocycles. The molecular weight excluding hydrogens is 241 g/mol. The van der Waals surface area contributed by atoms with Crippen LogP contribution in [0.2, 0.25) is 0 Å². The molecule has 0 radical (unpaired) electrons. The Balaban J connectivity index is 2.36. The van der Waals surface area contributed by atoms with Crippen LogP contribution in [-0.2, 0) is 0 Å². The second-order valence-corrected chi connectivity index (χ2v) is 4.78. The van der Waals surface area contributed by atoms with Crippen molar-refractivity contribution >= 4 is 11.4 Å². The topological polar surface area (TPSA) is 23.5 Å². The lowest BCUT2D eigenvalue weighted by Gasteiger charge is -2.21. The molecule has 0 bridgehead atoms. The predicted octanol–water partition coefficient (Wildman–Crippen LogP) is 3.96. The Morgan fingerprint density at radius 3 is 2.47 bits per heavy atom. The zero-order chi connectivity index (χ0) is 14.0. The molecule has 0 heterocycles. The van der Waals surface area contributed by atoms with Gasteiger partial charge in [-0.1, -0.05) is 18.2 Å². The number of aryl methyl sites for hydroxylation is 1. The molecule has 0 fully saturated rings. The van der Waals surface area contributed by atoms with Gasteiger partial charge in [0.15, 0.2) is 0 Å². The SMILES string of the molecule is Cc1cccc(N(C)c2ccc([C@@H](C)O)cc2F)c1. The Kier molecular flexibility index (Phi) is 3.86. The van der Waals surface area contributed by atoms with Crippen molar-refractivity contribution in [2.24, 2.45) is 0 Å². The molecule has 100 valence electrons. The number of aliphatic hydroxyl groups is 1. The highest BCUT2D eigenvalue weighted by Gasteiger charge is 2.11. The van der Waals surface area contributed by atoms with Crippen molar-refractivity contribution in [1.29, 1.82) is 0 Å². The van der Waals surface area contributed by atoms with E-state index in [9.17, 15) is 9.50 Å². The van der Waals surface area contributed by atoms with E-state index in [1.807, 2.05) is 38.2 Å². The van der Waals surface area contributed by atoms with E-state index in [0.717, 1.165) is 11.3 Å². The van der Waals surface area contributed by atoms with E-state index in [-0.39, 0.29) is 5.82 Å². The summed E-state index contributed by atoms with van der Waals surface area (Å²) >= 11 is 0. The van der Waals surface area contributed by atoms with Crippen LogP contribution in [0.3, 0.4) is 0 Å². The summed E-state index contributed by atoms with van der Waals surface area (Å²) in [6, 6.07) is 12.7. The maximum absolute atomic E-state index is 14.1. The highest BCUT2D eigenvalue weighted by molar-refractivity contribution is 5.63. The van der Waals surface area contributed by atoms with Crippen molar-refractivity contribution in [3.05, 3.63) is 59.4 Å². The van der Waals surface area contributed by atoms with Crippen LogP contribution >= 0.6 is 0 Å². The fraction of sp³-hybridized carbons (Fsp3) is 0.250. The number of aliphatic hydroxyl groups excluding tert-OH is 1. The molecule has 2 aromatic carbocycles. The highest BCUT2D eigenvalue weighted by atomic mass is 19.1. The van der Waals surface area contributed by atoms with E-state index in [0.29, 0.717) is 11.3 Å². The Labute approximate surface area is 113 Å². The smallest absolute Gasteiger partial charge is 0.147 e. The summed E-state index contributed by atoms with van der Waals surface area (Å²) in [6.07, 6.45) is -0.659. The van der Waals surface area contributed by atoms with Crippen LogP contribution in [0.1, 0.15) is 24.2 Å².